The summed E-state index contributed by atoms with van der Waals surface area (Å²) in [6.45, 7) is 0. The van der Waals surface area contributed by atoms with Crippen LogP contribution in [0.5, 0.6) is 0 Å². The fourth-order valence-corrected chi connectivity index (χ4v) is 7.66. The van der Waals surface area contributed by atoms with E-state index in [4.69, 9.17) is 11.8 Å². The molecule has 0 bridgehead atoms. The maximum atomic E-state index is 8.89. The van der Waals surface area contributed by atoms with Gasteiger partial charge in [-0.05, 0) is 107 Å². The molecule has 0 N–H and O–H groups in total. The van der Waals surface area contributed by atoms with Gasteiger partial charge in [0.2, 0.25) is 0 Å². The van der Waals surface area contributed by atoms with Gasteiger partial charge < -0.3 is 9.80 Å². The number of imidazole rings is 1. The van der Waals surface area contributed by atoms with Gasteiger partial charge in [0.15, 0.2) is 0 Å². The molecule has 0 saturated heterocycles. The van der Waals surface area contributed by atoms with Crippen LogP contribution < -0.4 is 9.80 Å². The van der Waals surface area contributed by atoms with Gasteiger partial charge in [-0.2, -0.15) is 0 Å². The number of anilines is 6. The van der Waals surface area contributed by atoms with Crippen LogP contribution in [-0.4, -0.2) is 9.38 Å². The summed E-state index contributed by atoms with van der Waals surface area (Å²) in [5.41, 5.74) is 13.4. The Kier molecular flexibility index (Phi) is 8.14. The Bertz CT molecular complexity index is 3200. The molecule has 0 aliphatic carbocycles. The van der Waals surface area contributed by atoms with E-state index in [2.05, 4.69) is 100 Å². The zero-order chi connectivity index (χ0) is 43.7. The number of pyridine rings is 1. The fourth-order valence-electron chi connectivity index (χ4n) is 7.66. The summed E-state index contributed by atoms with van der Waals surface area (Å²) in [6.07, 6.45) is 2.06. The third-order valence-electron chi connectivity index (χ3n) is 10.5. The van der Waals surface area contributed by atoms with Gasteiger partial charge in [-0.25, -0.2) is 4.98 Å². The second-order valence-electron chi connectivity index (χ2n) is 14.1. The average molecular weight is 762 g/mol. The number of hydrogen-bond acceptors (Lipinski definition) is 3. The van der Waals surface area contributed by atoms with Crippen molar-refractivity contribution in [1.82, 2.24) is 9.38 Å². The van der Waals surface area contributed by atoms with Crippen molar-refractivity contribution in [2.75, 3.05) is 9.80 Å². The Morgan fingerprint density at radius 2 is 0.729 bits per heavy atom. The lowest BCUT2D eigenvalue weighted by Crippen LogP contribution is -2.10. The molecule has 10 rings (SSSR count). The lowest BCUT2D eigenvalue weighted by Gasteiger charge is -2.26. The zero-order valence-corrected chi connectivity index (χ0v) is 32.0. The minimum atomic E-state index is -0.430. The lowest BCUT2D eigenvalue weighted by atomic mass is 10.0. The van der Waals surface area contributed by atoms with Crippen LogP contribution in [0, 0.1) is 0 Å². The van der Waals surface area contributed by atoms with Crippen molar-refractivity contribution >= 4 is 39.8 Å². The summed E-state index contributed by atoms with van der Waals surface area (Å²) in [4.78, 5) is 9.05. The van der Waals surface area contributed by atoms with Gasteiger partial charge in [-0.1, -0.05) is 152 Å². The SMILES string of the molecule is [2H]c1c([2H])c([2H])c(N(c2ccc(-c3ccccc3)cc2)c2ccc(-c3ccc(N(c4ccccc4)c4ccc(-c5nc6ccccn6c5-c5ccccc5)cc4)cc3)cc2)c([2H])c1[2H]. The van der Waals surface area contributed by atoms with Crippen LogP contribution in [0.3, 0.4) is 0 Å². The van der Waals surface area contributed by atoms with E-state index in [0.29, 0.717) is 11.4 Å². The van der Waals surface area contributed by atoms with Gasteiger partial charge in [0.05, 0.1) is 18.2 Å². The van der Waals surface area contributed by atoms with Crippen LogP contribution >= 0.6 is 0 Å². The quantitative estimate of drug-likeness (QED) is 0.139. The minimum absolute atomic E-state index is 0.0829. The Labute approximate surface area is 352 Å². The molecule has 0 atom stereocenters. The van der Waals surface area contributed by atoms with Crippen LogP contribution in [0.25, 0.3) is 50.4 Å². The van der Waals surface area contributed by atoms with E-state index in [1.54, 1.807) is 4.90 Å². The van der Waals surface area contributed by atoms with Crippen molar-refractivity contribution in [1.29, 1.82) is 0 Å². The molecule has 59 heavy (non-hydrogen) atoms. The number of para-hydroxylation sites is 2. The molecule has 0 unspecified atom stereocenters. The van der Waals surface area contributed by atoms with Crippen LogP contribution in [-0.2, 0) is 0 Å². The molecule has 0 spiro atoms. The van der Waals surface area contributed by atoms with Crippen LogP contribution in [0.1, 0.15) is 6.85 Å². The molecule has 10 aromatic rings. The highest BCUT2D eigenvalue weighted by Crippen LogP contribution is 2.40. The van der Waals surface area contributed by atoms with E-state index < -0.39 is 6.04 Å². The van der Waals surface area contributed by atoms with E-state index in [9.17, 15) is 0 Å². The molecule has 4 nitrogen and oxygen atoms in total. The first-order valence-corrected chi connectivity index (χ1v) is 19.6. The lowest BCUT2D eigenvalue weighted by molar-refractivity contribution is 1.19. The maximum absolute atomic E-state index is 8.89. The minimum Gasteiger partial charge on any atom is -0.311 e. The van der Waals surface area contributed by atoms with Crippen LogP contribution in [0.15, 0.2) is 243 Å². The number of aromatic nitrogens is 2. The predicted octanol–water partition coefficient (Wildman–Crippen LogP) is 14.9. The fraction of sp³-hybridized carbons (Fsp3) is 0. The molecule has 0 radical (unpaired) electrons. The molecule has 0 fully saturated rings. The van der Waals surface area contributed by atoms with E-state index >= 15 is 0 Å². The number of nitrogens with zero attached hydrogens (tertiary/aromatic N) is 4. The Morgan fingerprint density at radius 3 is 1.24 bits per heavy atom. The molecule has 0 aliphatic heterocycles. The number of fused-ring (bicyclic) bond motifs is 1. The van der Waals surface area contributed by atoms with Crippen molar-refractivity contribution in [2.24, 2.45) is 0 Å². The zero-order valence-electron chi connectivity index (χ0n) is 37.0. The first kappa shape index (κ1) is 30.2. The molecule has 0 amide bonds. The molecule has 0 aliphatic rings. The van der Waals surface area contributed by atoms with Gasteiger partial charge in [0.1, 0.15) is 5.65 Å². The van der Waals surface area contributed by atoms with Gasteiger partial charge >= 0.3 is 0 Å². The number of rotatable bonds is 10. The Morgan fingerprint density at radius 1 is 0.339 bits per heavy atom. The summed E-state index contributed by atoms with van der Waals surface area (Å²) in [5, 5.41) is 0. The third kappa shape index (κ3) is 7.16. The summed E-state index contributed by atoms with van der Waals surface area (Å²) in [6, 6.07) is 67.7. The van der Waals surface area contributed by atoms with E-state index in [1.807, 2.05) is 121 Å². The Hall–Kier alpha value is -7.95. The van der Waals surface area contributed by atoms with Gasteiger partial charge in [0.25, 0.3) is 0 Å². The molecule has 0 saturated carbocycles. The summed E-state index contributed by atoms with van der Waals surface area (Å²) < 4.78 is 45.1. The topological polar surface area (TPSA) is 23.8 Å². The van der Waals surface area contributed by atoms with Crippen LogP contribution in [0.2, 0.25) is 0 Å². The molecule has 280 valence electrons. The largest absolute Gasteiger partial charge is 0.311 e. The second-order valence-corrected chi connectivity index (χ2v) is 14.1. The van der Waals surface area contributed by atoms with Gasteiger partial charge in [-0.15, -0.1) is 0 Å². The standard InChI is InChI=1S/C55H40N4/c1-5-15-41(16-6-1)42-24-32-49(33-25-42)58(47-19-9-3-10-20-47)50-34-26-43(27-35-50)44-28-36-51(37-29-44)59(48-21-11-4-12-22-48)52-38-30-45(31-39-52)54-55(46-17-7-2-8-18-46)57-40-14-13-23-53(57)56-54/h1-40H/i3D,9D,10D,19D,20D. The van der Waals surface area contributed by atoms with E-state index in [-0.39, 0.29) is 29.9 Å². The van der Waals surface area contributed by atoms with Crippen molar-refractivity contribution in [3.8, 4) is 44.8 Å². The highest BCUT2D eigenvalue weighted by atomic mass is 15.1. The van der Waals surface area contributed by atoms with Gasteiger partial charge in [-0.3, -0.25) is 4.40 Å². The first-order valence-electron chi connectivity index (χ1n) is 22.1. The Balaban J connectivity index is 0.977. The van der Waals surface area contributed by atoms with Crippen LogP contribution in [0.4, 0.5) is 34.1 Å². The smallest absolute Gasteiger partial charge is 0.137 e. The van der Waals surface area contributed by atoms with Gasteiger partial charge in [0, 0.05) is 51.4 Å². The normalized spacial score (nSPS) is 12.2. The van der Waals surface area contributed by atoms with Crippen molar-refractivity contribution in [2.45, 2.75) is 0 Å². The monoisotopic (exact) mass is 761 g/mol. The van der Waals surface area contributed by atoms with Crippen molar-refractivity contribution in [3.05, 3.63) is 243 Å². The summed E-state index contributed by atoms with van der Waals surface area (Å²) in [5.74, 6) is 0. The summed E-state index contributed by atoms with van der Waals surface area (Å²) in [7, 11) is 0. The number of hydrogen-bond donors (Lipinski definition) is 0. The molecular weight excluding hydrogens is 717 g/mol. The highest BCUT2D eigenvalue weighted by molar-refractivity contribution is 5.85. The van der Waals surface area contributed by atoms with E-state index in [1.165, 1.54) is 0 Å². The highest BCUT2D eigenvalue weighted by Gasteiger charge is 2.18. The maximum Gasteiger partial charge on any atom is 0.137 e. The third-order valence-corrected chi connectivity index (χ3v) is 10.5. The number of benzene rings is 8. The molecule has 2 heterocycles. The molecular formula is C55H40N4. The van der Waals surface area contributed by atoms with E-state index in [0.717, 1.165) is 67.5 Å². The second kappa shape index (κ2) is 15.9. The first-order chi connectivity index (χ1) is 31.3. The van der Waals surface area contributed by atoms with Crippen molar-refractivity contribution in [3.63, 3.8) is 0 Å². The van der Waals surface area contributed by atoms with Crippen molar-refractivity contribution < 1.29 is 6.85 Å². The average Bonchev–Trinajstić information content (AvgIpc) is 3.75. The molecule has 8 aromatic carbocycles. The molecule has 4 heteroatoms. The predicted molar refractivity (Wildman–Crippen MR) is 246 cm³/mol. The molecule has 2 aromatic heterocycles. The summed E-state index contributed by atoms with van der Waals surface area (Å²) >= 11 is 0.